The number of aliphatic carboxylic acids is 1. The van der Waals surface area contributed by atoms with E-state index in [1.807, 2.05) is 0 Å². The van der Waals surface area contributed by atoms with Crippen LogP contribution in [0.2, 0.25) is 0 Å². The van der Waals surface area contributed by atoms with Crippen molar-refractivity contribution < 1.29 is 55.2 Å². The Balaban J connectivity index is -0.00000242. The van der Waals surface area contributed by atoms with E-state index < -0.39 is 23.9 Å². The molecule has 0 aromatic carbocycles. The van der Waals surface area contributed by atoms with Gasteiger partial charge in [0.25, 0.3) is 0 Å². The fourth-order valence-electron chi connectivity index (χ4n) is 2.22. The third-order valence-electron chi connectivity index (χ3n) is 3.67. The van der Waals surface area contributed by atoms with Crippen LogP contribution in [0.15, 0.2) is 0 Å². The molecule has 0 amide bonds. The van der Waals surface area contributed by atoms with E-state index in [9.17, 15) is 14.4 Å². The predicted molar refractivity (Wildman–Crippen MR) is 88.9 cm³/mol. The molecule has 7 heteroatoms. The first-order chi connectivity index (χ1) is 11.0. The molecule has 0 saturated heterocycles. The molecule has 0 aliphatic heterocycles. The number of hydrogen-bond donors (Lipinski definition) is 2. The van der Waals surface area contributed by atoms with Gasteiger partial charge in [-0.3, -0.25) is 9.59 Å². The van der Waals surface area contributed by atoms with Crippen LogP contribution in [0.4, 0.5) is 0 Å². The molecule has 3 N–H and O–H groups in total. The van der Waals surface area contributed by atoms with E-state index in [1.165, 1.54) is 38.5 Å². The number of hydrogen-bond acceptors (Lipinski definition) is 5. The predicted octanol–water partition coefficient (Wildman–Crippen LogP) is 0.286. The van der Waals surface area contributed by atoms with E-state index in [0.717, 1.165) is 12.8 Å². The number of esters is 2. The first-order valence-corrected chi connectivity index (χ1v) is 8.69. The molecule has 136 valence electrons. The second-order valence-electron chi connectivity index (χ2n) is 5.91. The first kappa shape index (κ1) is 25.8. The van der Waals surface area contributed by atoms with Gasteiger partial charge in [-0.2, -0.15) is 0 Å². The van der Waals surface area contributed by atoms with Gasteiger partial charge in [-0.05, 0) is 12.8 Å². The van der Waals surface area contributed by atoms with E-state index in [4.69, 9.17) is 10.8 Å². The number of unbranched alkanes of at least 4 members (excludes halogenated alkanes) is 8. The summed E-state index contributed by atoms with van der Waals surface area (Å²) in [6.45, 7) is 2.20. The molecule has 1 unspecified atom stereocenters. The molecule has 0 aliphatic carbocycles. The Morgan fingerprint density at radius 1 is 0.958 bits per heavy atom. The summed E-state index contributed by atoms with van der Waals surface area (Å²) >= 11 is 0. The van der Waals surface area contributed by atoms with Crippen LogP contribution in [0.5, 0.6) is 0 Å². The summed E-state index contributed by atoms with van der Waals surface area (Å²) in [4.78, 5) is 33.3. The minimum absolute atomic E-state index is 0. The summed E-state index contributed by atoms with van der Waals surface area (Å²) in [5.41, 5.74) is 5.47. The molecule has 0 radical (unpaired) electrons. The van der Waals surface area contributed by atoms with Gasteiger partial charge in [0.1, 0.15) is 6.04 Å². The number of carbonyl (C=O) groups excluding carboxylic acids is 2. The molecule has 0 heterocycles. The number of carbonyl (C=O) groups is 3. The monoisotopic (exact) mass is 353 g/mol. The second-order valence-corrected chi connectivity index (χ2v) is 5.91. The fraction of sp³-hybridized carbons (Fsp3) is 0.824. The van der Waals surface area contributed by atoms with Crippen LogP contribution in [-0.2, 0) is 19.1 Å². The number of rotatable bonds is 14. The van der Waals surface area contributed by atoms with Gasteiger partial charge in [-0.25, -0.2) is 4.79 Å². The smallest absolute Gasteiger partial charge is 1.00 e. The molecule has 0 aromatic heterocycles. The van der Waals surface area contributed by atoms with Crippen molar-refractivity contribution in [2.45, 2.75) is 90.0 Å². The molecular weight excluding hydrogens is 321 g/mol. The molecule has 1 atom stereocenters. The third kappa shape index (κ3) is 16.4. The first-order valence-electron chi connectivity index (χ1n) is 8.69. The van der Waals surface area contributed by atoms with Crippen LogP contribution in [-0.4, -0.2) is 29.1 Å². The van der Waals surface area contributed by atoms with E-state index >= 15 is 0 Å². The maximum atomic E-state index is 11.5. The normalized spacial score (nSPS) is 11.4. The average molecular weight is 353 g/mol. The maximum Gasteiger partial charge on any atom is 1.00 e. The molecule has 6 nitrogen and oxygen atoms in total. The summed E-state index contributed by atoms with van der Waals surface area (Å²) in [7, 11) is 0. The topological polar surface area (TPSA) is 107 Å². The Bertz CT molecular complexity index is 369. The van der Waals surface area contributed by atoms with Gasteiger partial charge < -0.3 is 17.0 Å². The van der Waals surface area contributed by atoms with Gasteiger partial charge >= 0.3 is 47.5 Å². The molecule has 0 bridgehead atoms. The Morgan fingerprint density at radius 2 is 1.46 bits per heavy atom. The third-order valence-corrected chi connectivity index (χ3v) is 3.67. The standard InChI is InChI=1S/C17H31NO5.Na.H/c1-2-3-4-5-6-7-8-9-10-11-16(21)23-17(22)14(18)12-13-15(19)20;;/h14H,2-13,18H2,1H3,(H,19,20);;/q;+1;-1. The van der Waals surface area contributed by atoms with Crippen LogP contribution < -0.4 is 35.3 Å². The Hall–Kier alpha value is -0.430. The van der Waals surface area contributed by atoms with E-state index in [-0.39, 0.29) is 50.2 Å². The van der Waals surface area contributed by atoms with Crippen molar-refractivity contribution in [3.8, 4) is 0 Å². The fourth-order valence-corrected chi connectivity index (χ4v) is 2.22. The molecule has 0 saturated carbocycles. The molecule has 0 rings (SSSR count). The van der Waals surface area contributed by atoms with Crippen LogP contribution >= 0.6 is 0 Å². The van der Waals surface area contributed by atoms with Crippen molar-refractivity contribution in [3.63, 3.8) is 0 Å². The largest absolute Gasteiger partial charge is 1.00 e. The minimum Gasteiger partial charge on any atom is -1.00 e. The van der Waals surface area contributed by atoms with Crippen molar-refractivity contribution in [2.75, 3.05) is 0 Å². The molecule has 0 aliphatic rings. The van der Waals surface area contributed by atoms with Crippen molar-refractivity contribution in [3.05, 3.63) is 0 Å². The number of nitrogens with two attached hydrogens (primary N) is 1. The summed E-state index contributed by atoms with van der Waals surface area (Å²) in [6.07, 6.45) is 10.2. The van der Waals surface area contributed by atoms with Crippen molar-refractivity contribution in [1.82, 2.24) is 0 Å². The Kier molecular flexibility index (Phi) is 18.7. The van der Waals surface area contributed by atoms with Crippen molar-refractivity contribution in [1.29, 1.82) is 0 Å². The zero-order chi connectivity index (χ0) is 17.5. The molecule has 0 spiro atoms. The van der Waals surface area contributed by atoms with Crippen LogP contribution in [0.25, 0.3) is 0 Å². The summed E-state index contributed by atoms with van der Waals surface area (Å²) < 4.78 is 4.62. The average Bonchev–Trinajstić information content (AvgIpc) is 2.50. The molecule has 24 heavy (non-hydrogen) atoms. The van der Waals surface area contributed by atoms with Gasteiger partial charge in [0.15, 0.2) is 0 Å². The second kappa shape index (κ2) is 17.4. The summed E-state index contributed by atoms with van der Waals surface area (Å²) in [5, 5.41) is 8.50. The summed E-state index contributed by atoms with van der Waals surface area (Å²) in [6, 6.07) is -1.06. The number of carboxylic acid groups (broad SMARTS) is 1. The zero-order valence-electron chi connectivity index (χ0n) is 16.2. The molecular formula is C17H32NNaO5. The Morgan fingerprint density at radius 3 is 1.96 bits per heavy atom. The molecule has 0 fully saturated rings. The van der Waals surface area contributed by atoms with Crippen molar-refractivity contribution in [2.24, 2.45) is 5.73 Å². The zero-order valence-corrected chi connectivity index (χ0v) is 17.2. The van der Waals surface area contributed by atoms with Crippen LogP contribution in [0.1, 0.15) is 85.4 Å². The van der Waals surface area contributed by atoms with E-state index in [0.29, 0.717) is 6.42 Å². The van der Waals surface area contributed by atoms with E-state index in [1.54, 1.807) is 0 Å². The summed E-state index contributed by atoms with van der Waals surface area (Å²) in [5.74, 6) is -2.45. The van der Waals surface area contributed by atoms with Gasteiger partial charge in [0.05, 0.1) is 0 Å². The van der Waals surface area contributed by atoms with Gasteiger partial charge in [0, 0.05) is 12.8 Å². The van der Waals surface area contributed by atoms with Gasteiger partial charge in [0.2, 0.25) is 0 Å². The van der Waals surface area contributed by atoms with Crippen LogP contribution in [0.3, 0.4) is 0 Å². The van der Waals surface area contributed by atoms with Crippen molar-refractivity contribution >= 4 is 17.9 Å². The Labute approximate surface area is 168 Å². The van der Waals surface area contributed by atoms with Crippen LogP contribution in [0, 0.1) is 0 Å². The van der Waals surface area contributed by atoms with Gasteiger partial charge in [-0.1, -0.05) is 58.3 Å². The SMILES string of the molecule is CCCCCCCCCCCC(=O)OC(=O)C(N)CCC(=O)O.[H-].[Na+]. The quantitative estimate of drug-likeness (QED) is 0.201. The number of ether oxygens (including phenoxy) is 1. The van der Waals surface area contributed by atoms with E-state index in [2.05, 4.69) is 11.7 Å². The maximum absolute atomic E-state index is 11.5. The number of carboxylic acids is 1. The molecule has 0 aromatic rings. The minimum atomic E-state index is -1.06. The van der Waals surface area contributed by atoms with Gasteiger partial charge in [-0.15, -0.1) is 0 Å².